The molecule has 7 heteroatoms. The maximum atomic E-state index is 12.8. The average molecular weight is 465 g/mol. The maximum Gasteiger partial charge on any atom is 0.407 e. The molecule has 3 N–H and O–H groups in total. The lowest BCUT2D eigenvalue weighted by Gasteiger charge is -2.25. The summed E-state index contributed by atoms with van der Waals surface area (Å²) in [5, 5.41) is 14.6. The fraction of sp³-hybridized carbons (Fsp3) is 0.444. The quantitative estimate of drug-likeness (QED) is 0.395. The van der Waals surface area contributed by atoms with Gasteiger partial charge in [0, 0.05) is 24.9 Å². The van der Waals surface area contributed by atoms with Crippen molar-refractivity contribution in [2.75, 3.05) is 13.2 Å². The Labute approximate surface area is 199 Å². The number of rotatable bonds is 8. The van der Waals surface area contributed by atoms with Crippen molar-refractivity contribution in [2.45, 2.75) is 56.9 Å². The fourth-order valence-corrected chi connectivity index (χ4v) is 5.17. The number of hydrogen-bond donors (Lipinski definition) is 3. The highest BCUT2D eigenvalue weighted by molar-refractivity contribution is 5.81. The van der Waals surface area contributed by atoms with Gasteiger partial charge in [0.25, 0.3) is 0 Å². The smallest absolute Gasteiger partial charge is 0.407 e. The van der Waals surface area contributed by atoms with E-state index >= 15 is 0 Å². The van der Waals surface area contributed by atoms with Gasteiger partial charge in [-0.1, -0.05) is 67.8 Å². The molecule has 2 amide bonds. The summed E-state index contributed by atoms with van der Waals surface area (Å²) in [5.74, 6) is -1.36. The molecule has 2 aliphatic rings. The van der Waals surface area contributed by atoms with Gasteiger partial charge in [-0.3, -0.25) is 9.59 Å². The van der Waals surface area contributed by atoms with Crippen molar-refractivity contribution >= 4 is 18.0 Å². The Morgan fingerprint density at radius 2 is 1.56 bits per heavy atom. The number of carboxylic acids is 1. The van der Waals surface area contributed by atoms with Crippen LogP contribution in [0.1, 0.15) is 62.0 Å². The number of carbonyl (C=O) groups excluding carboxylic acids is 2. The zero-order chi connectivity index (χ0) is 23.9. The van der Waals surface area contributed by atoms with Gasteiger partial charge in [-0.05, 0) is 41.5 Å². The third kappa shape index (κ3) is 5.58. The molecule has 2 atom stereocenters. The lowest BCUT2D eigenvalue weighted by atomic mass is 9.94. The number of carboxylic acid groups (broad SMARTS) is 1. The van der Waals surface area contributed by atoms with Crippen LogP contribution in [0.5, 0.6) is 0 Å². The zero-order valence-electron chi connectivity index (χ0n) is 19.3. The molecule has 1 fully saturated rings. The Morgan fingerprint density at radius 3 is 2.24 bits per heavy atom. The lowest BCUT2D eigenvalue weighted by Crippen LogP contribution is -2.47. The van der Waals surface area contributed by atoms with E-state index in [0.717, 1.165) is 36.8 Å². The monoisotopic (exact) mass is 464 g/mol. The van der Waals surface area contributed by atoms with Crippen LogP contribution in [0.2, 0.25) is 0 Å². The molecule has 2 aliphatic carbocycles. The van der Waals surface area contributed by atoms with Crippen LogP contribution in [0.3, 0.4) is 0 Å². The van der Waals surface area contributed by atoms with Crippen LogP contribution in [0.15, 0.2) is 48.5 Å². The summed E-state index contributed by atoms with van der Waals surface area (Å²) in [6, 6.07) is 16.1. The van der Waals surface area contributed by atoms with E-state index in [9.17, 15) is 14.4 Å². The minimum Gasteiger partial charge on any atom is -0.481 e. The highest BCUT2D eigenvalue weighted by Gasteiger charge is 2.32. The Balaban J connectivity index is 1.36. The summed E-state index contributed by atoms with van der Waals surface area (Å²) in [7, 11) is 0. The molecule has 0 bridgehead atoms. The van der Waals surface area contributed by atoms with Gasteiger partial charge < -0.3 is 20.5 Å². The molecule has 0 radical (unpaired) electrons. The second-order valence-corrected chi connectivity index (χ2v) is 9.11. The Hall–Kier alpha value is -3.35. The van der Waals surface area contributed by atoms with Gasteiger partial charge in [-0.15, -0.1) is 0 Å². The van der Waals surface area contributed by atoms with Crippen molar-refractivity contribution in [1.29, 1.82) is 0 Å². The number of hydrogen-bond acceptors (Lipinski definition) is 4. The molecule has 2 unspecified atom stereocenters. The van der Waals surface area contributed by atoms with Gasteiger partial charge in [0.05, 0.1) is 5.92 Å². The molecule has 7 nitrogen and oxygen atoms in total. The van der Waals surface area contributed by atoms with Crippen molar-refractivity contribution in [3.05, 3.63) is 59.7 Å². The molecular formula is C27H32N2O5. The van der Waals surface area contributed by atoms with E-state index in [1.807, 2.05) is 24.3 Å². The molecule has 2 aromatic rings. The zero-order valence-corrected chi connectivity index (χ0v) is 19.3. The van der Waals surface area contributed by atoms with Gasteiger partial charge in [0.15, 0.2) is 0 Å². The molecule has 0 saturated heterocycles. The van der Waals surface area contributed by atoms with Crippen LogP contribution in [0.4, 0.5) is 4.79 Å². The van der Waals surface area contributed by atoms with Crippen molar-refractivity contribution in [1.82, 2.24) is 10.6 Å². The molecule has 0 aliphatic heterocycles. The van der Waals surface area contributed by atoms with Crippen molar-refractivity contribution in [3.63, 3.8) is 0 Å². The number of amides is 2. The normalized spacial score (nSPS) is 19.4. The van der Waals surface area contributed by atoms with E-state index < -0.39 is 12.1 Å². The van der Waals surface area contributed by atoms with Crippen LogP contribution >= 0.6 is 0 Å². The lowest BCUT2D eigenvalue weighted by molar-refractivity contribution is -0.137. The largest absolute Gasteiger partial charge is 0.481 e. The van der Waals surface area contributed by atoms with E-state index in [2.05, 4.69) is 34.9 Å². The molecule has 180 valence electrons. The van der Waals surface area contributed by atoms with Crippen LogP contribution < -0.4 is 10.6 Å². The average Bonchev–Trinajstić information content (AvgIpc) is 2.96. The second kappa shape index (κ2) is 11.2. The summed E-state index contributed by atoms with van der Waals surface area (Å²) in [6.45, 7) is 0.554. The van der Waals surface area contributed by atoms with Crippen molar-refractivity contribution < 1.29 is 24.2 Å². The highest BCUT2D eigenvalue weighted by atomic mass is 16.5. The minimum absolute atomic E-state index is 0.0133. The van der Waals surface area contributed by atoms with Crippen LogP contribution in [0, 0.1) is 5.92 Å². The first kappa shape index (κ1) is 23.8. The summed E-state index contributed by atoms with van der Waals surface area (Å²) < 4.78 is 5.69. The third-order valence-electron chi connectivity index (χ3n) is 6.87. The predicted molar refractivity (Wildman–Crippen MR) is 128 cm³/mol. The fourth-order valence-electron chi connectivity index (χ4n) is 5.17. The number of carbonyl (C=O) groups is 3. The number of ether oxygens (including phenoxy) is 1. The standard InChI is InChI=1S/C27H32N2O5/c30-25(31)15-8-16-28-26(32)22-13-2-1-3-14-24(22)29-27(33)34-17-23-20-11-6-4-9-18(20)19-10-5-7-12-21(19)23/h4-7,9-12,22-24H,1-3,8,13-17H2,(H,28,32)(H,29,33)(H,30,31). The van der Waals surface area contributed by atoms with Gasteiger partial charge >= 0.3 is 12.1 Å². The van der Waals surface area contributed by atoms with E-state index in [1.165, 1.54) is 11.1 Å². The molecule has 0 spiro atoms. The number of benzene rings is 2. The van der Waals surface area contributed by atoms with E-state index in [-0.39, 0.29) is 36.8 Å². The molecule has 1 saturated carbocycles. The minimum atomic E-state index is -0.876. The topological polar surface area (TPSA) is 105 Å². The summed E-state index contributed by atoms with van der Waals surface area (Å²) in [6.07, 6.45) is 4.21. The number of alkyl carbamates (subject to hydrolysis) is 1. The summed E-state index contributed by atoms with van der Waals surface area (Å²) in [4.78, 5) is 36.2. The highest BCUT2D eigenvalue weighted by Crippen LogP contribution is 2.44. The molecule has 0 aromatic heterocycles. The van der Waals surface area contributed by atoms with Gasteiger partial charge in [0.1, 0.15) is 6.61 Å². The molecule has 34 heavy (non-hydrogen) atoms. The first-order valence-corrected chi connectivity index (χ1v) is 12.2. The third-order valence-corrected chi connectivity index (χ3v) is 6.87. The van der Waals surface area contributed by atoms with Crippen LogP contribution in [-0.2, 0) is 14.3 Å². The molecule has 0 heterocycles. The molecular weight excluding hydrogens is 432 g/mol. The maximum absolute atomic E-state index is 12.8. The van der Waals surface area contributed by atoms with E-state index in [0.29, 0.717) is 19.4 Å². The van der Waals surface area contributed by atoms with E-state index in [1.54, 1.807) is 0 Å². The van der Waals surface area contributed by atoms with Crippen molar-refractivity contribution in [2.24, 2.45) is 5.92 Å². The first-order valence-electron chi connectivity index (χ1n) is 12.2. The van der Waals surface area contributed by atoms with Crippen LogP contribution in [0.25, 0.3) is 11.1 Å². The number of nitrogens with one attached hydrogen (secondary N) is 2. The molecule has 2 aromatic carbocycles. The predicted octanol–water partition coefficient (Wildman–Crippen LogP) is 4.46. The Morgan fingerprint density at radius 1 is 0.912 bits per heavy atom. The van der Waals surface area contributed by atoms with Gasteiger partial charge in [0.2, 0.25) is 5.91 Å². The first-order chi connectivity index (χ1) is 16.5. The van der Waals surface area contributed by atoms with Gasteiger partial charge in [-0.25, -0.2) is 4.79 Å². The Bertz CT molecular complexity index is 992. The second-order valence-electron chi connectivity index (χ2n) is 9.11. The number of aliphatic carboxylic acids is 1. The van der Waals surface area contributed by atoms with Gasteiger partial charge in [-0.2, -0.15) is 0 Å². The Kier molecular flexibility index (Phi) is 7.83. The van der Waals surface area contributed by atoms with E-state index in [4.69, 9.17) is 9.84 Å². The molecule has 4 rings (SSSR count). The summed E-state index contributed by atoms with van der Waals surface area (Å²) in [5.41, 5.74) is 4.67. The number of fused-ring (bicyclic) bond motifs is 3. The SMILES string of the molecule is O=C(O)CCCNC(=O)C1CCCCCC1NC(=O)OCC1c2ccccc2-c2ccccc21. The summed E-state index contributed by atoms with van der Waals surface area (Å²) >= 11 is 0. The van der Waals surface area contributed by atoms with Crippen LogP contribution in [-0.4, -0.2) is 42.3 Å². The van der Waals surface area contributed by atoms with Crippen molar-refractivity contribution in [3.8, 4) is 11.1 Å².